The lowest BCUT2D eigenvalue weighted by molar-refractivity contribution is 0.800. The van der Waals surface area contributed by atoms with Crippen LogP contribution in [0.3, 0.4) is 0 Å². The summed E-state index contributed by atoms with van der Waals surface area (Å²) in [6, 6.07) is 4.27. The molecule has 70 valence electrons. The molecule has 1 heterocycles. The van der Waals surface area contributed by atoms with Gasteiger partial charge in [-0.3, -0.25) is 0 Å². The monoisotopic (exact) mass is 259 g/mol. The molecule has 3 heteroatoms. The second-order valence-corrected chi connectivity index (χ2v) is 4.75. The van der Waals surface area contributed by atoms with Crippen molar-refractivity contribution in [2.75, 3.05) is 11.9 Å². The number of hydrogen-bond acceptors (Lipinski definition) is 1. The Bertz CT molecular complexity index is 338. The number of nitrogens with one attached hydrogen (secondary N) is 1. The summed E-state index contributed by atoms with van der Waals surface area (Å²) in [5.41, 5.74) is 3.65. The average Bonchev–Trinajstić information content (AvgIpc) is 2.09. The van der Waals surface area contributed by atoms with Crippen molar-refractivity contribution < 1.29 is 0 Å². The summed E-state index contributed by atoms with van der Waals surface area (Å²) in [7, 11) is 0. The zero-order valence-corrected chi connectivity index (χ0v) is 9.74. The summed E-state index contributed by atoms with van der Waals surface area (Å²) in [6.45, 7) is 3.06. The second-order valence-electron chi connectivity index (χ2n) is 3.37. The molecule has 1 aromatic carbocycles. The molecule has 2 rings (SSSR count). The quantitative estimate of drug-likeness (QED) is 0.699. The number of fused-ring (bicyclic) bond motifs is 1. The minimum Gasteiger partial charge on any atom is -0.385 e. The highest BCUT2D eigenvalue weighted by molar-refractivity contribution is 9.10. The zero-order valence-electron chi connectivity index (χ0n) is 7.40. The summed E-state index contributed by atoms with van der Waals surface area (Å²) in [6.07, 6.45) is 1.00. The molecule has 1 unspecified atom stereocenters. The highest BCUT2D eigenvalue weighted by atomic mass is 79.9. The highest BCUT2D eigenvalue weighted by Gasteiger charge is 2.18. The molecule has 0 radical (unpaired) electrons. The molecule has 0 aromatic heterocycles. The van der Waals surface area contributed by atoms with Crippen LogP contribution >= 0.6 is 27.5 Å². The van der Waals surface area contributed by atoms with E-state index in [4.69, 9.17) is 11.6 Å². The normalized spacial score (nSPS) is 20.7. The molecule has 1 aromatic rings. The van der Waals surface area contributed by atoms with E-state index in [1.54, 1.807) is 0 Å². The number of anilines is 1. The fourth-order valence-electron chi connectivity index (χ4n) is 1.60. The van der Waals surface area contributed by atoms with Gasteiger partial charge in [0.2, 0.25) is 0 Å². The van der Waals surface area contributed by atoms with Crippen LogP contribution < -0.4 is 5.32 Å². The molecule has 1 N–H and O–H groups in total. The van der Waals surface area contributed by atoms with Crippen LogP contribution in [0, 0.1) is 6.92 Å². The Labute approximate surface area is 91.6 Å². The Kier molecular flexibility index (Phi) is 2.52. The summed E-state index contributed by atoms with van der Waals surface area (Å²) >= 11 is 9.73. The van der Waals surface area contributed by atoms with E-state index in [9.17, 15) is 0 Å². The highest BCUT2D eigenvalue weighted by Crippen LogP contribution is 2.37. The van der Waals surface area contributed by atoms with Crippen molar-refractivity contribution in [3.63, 3.8) is 0 Å². The van der Waals surface area contributed by atoms with Crippen LogP contribution in [-0.4, -0.2) is 6.54 Å². The summed E-state index contributed by atoms with van der Waals surface area (Å²) in [5.74, 6) is 0. The third-order valence-electron chi connectivity index (χ3n) is 2.38. The Morgan fingerprint density at radius 3 is 3.08 bits per heavy atom. The first-order valence-electron chi connectivity index (χ1n) is 4.36. The van der Waals surface area contributed by atoms with E-state index < -0.39 is 0 Å². The van der Waals surface area contributed by atoms with Crippen LogP contribution in [-0.2, 0) is 0 Å². The van der Waals surface area contributed by atoms with Crippen molar-refractivity contribution >= 4 is 33.2 Å². The van der Waals surface area contributed by atoms with Gasteiger partial charge in [0.05, 0.1) is 5.38 Å². The number of hydrogen-bond donors (Lipinski definition) is 1. The van der Waals surface area contributed by atoms with Gasteiger partial charge in [-0.2, -0.15) is 0 Å². The van der Waals surface area contributed by atoms with Gasteiger partial charge in [0.25, 0.3) is 0 Å². The first-order valence-corrected chi connectivity index (χ1v) is 5.59. The van der Waals surface area contributed by atoms with Crippen molar-refractivity contribution in [1.82, 2.24) is 0 Å². The lowest BCUT2D eigenvalue weighted by atomic mass is 10.0. The van der Waals surface area contributed by atoms with E-state index in [0.717, 1.165) is 17.4 Å². The van der Waals surface area contributed by atoms with Crippen molar-refractivity contribution in [2.45, 2.75) is 18.7 Å². The smallest absolute Gasteiger partial charge is 0.0622 e. The summed E-state index contributed by atoms with van der Waals surface area (Å²) in [4.78, 5) is 0. The van der Waals surface area contributed by atoms with Gasteiger partial charge >= 0.3 is 0 Å². The predicted octanol–water partition coefficient (Wildman–Crippen LogP) is 3.85. The first-order chi connectivity index (χ1) is 6.18. The lowest BCUT2D eigenvalue weighted by Crippen LogP contribution is -2.13. The van der Waals surface area contributed by atoms with Crippen LogP contribution in [0.25, 0.3) is 0 Å². The SMILES string of the molecule is Cc1cc2c(cc1Br)C(Cl)CCN2. The molecule has 0 spiro atoms. The zero-order chi connectivity index (χ0) is 9.42. The van der Waals surface area contributed by atoms with Crippen LogP contribution in [0.1, 0.15) is 22.9 Å². The topological polar surface area (TPSA) is 12.0 Å². The molecule has 0 amide bonds. The van der Waals surface area contributed by atoms with Gasteiger partial charge in [0.15, 0.2) is 0 Å². The van der Waals surface area contributed by atoms with Crippen molar-refractivity contribution in [2.24, 2.45) is 0 Å². The van der Waals surface area contributed by atoms with Gasteiger partial charge in [0.1, 0.15) is 0 Å². The molecular formula is C10H11BrClN. The minimum atomic E-state index is 0.160. The maximum absolute atomic E-state index is 6.21. The molecule has 1 atom stereocenters. The molecule has 1 nitrogen and oxygen atoms in total. The van der Waals surface area contributed by atoms with E-state index in [1.807, 2.05) is 0 Å². The Hall–Kier alpha value is -0.210. The third-order valence-corrected chi connectivity index (χ3v) is 3.69. The first kappa shape index (κ1) is 9.35. The molecule has 13 heavy (non-hydrogen) atoms. The summed E-state index contributed by atoms with van der Waals surface area (Å²) < 4.78 is 1.14. The lowest BCUT2D eigenvalue weighted by Gasteiger charge is -2.23. The predicted molar refractivity (Wildman–Crippen MR) is 60.6 cm³/mol. The van der Waals surface area contributed by atoms with Crippen LogP contribution in [0.15, 0.2) is 16.6 Å². The molecule has 0 saturated carbocycles. The molecular weight excluding hydrogens is 249 g/mol. The van der Waals surface area contributed by atoms with Gasteiger partial charge in [-0.05, 0) is 36.6 Å². The Morgan fingerprint density at radius 1 is 1.54 bits per heavy atom. The van der Waals surface area contributed by atoms with Crippen LogP contribution in [0.2, 0.25) is 0 Å². The van der Waals surface area contributed by atoms with E-state index in [2.05, 4.69) is 40.3 Å². The van der Waals surface area contributed by atoms with Gasteiger partial charge in [-0.25, -0.2) is 0 Å². The molecule has 0 saturated heterocycles. The second kappa shape index (κ2) is 3.50. The number of benzene rings is 1. The van der Waals surface area contributed by atoms with E-state index in [0.29, 0.717) is 0 Å². The molecule has 0 aliphatic carbocycles. The number of rotatable bonds is 0. The Morgan fingerprint density at radius 2 is 2.31 bits per heavy atom. The minimum absolute atomic E-state index is 0.160. The van der Waals surface area contributed by atoms with Crippen LogP contribution in [0.5, 0.6) is 0 Å². The molecule has 0 fully saturated rings. The molecule has 1 aliphatic heterocycles. The van der Waals surface area contributed by atoms with Gasteiger partial charge in [-0.15, -0.1) is 11.6 Å². The largest absolute Gasteiger partial charge is 0.385 e. The van der Waals surface area contributed by atoms with Crippen molar-refractivity contribution in [3.05, 3.63) is 27.7 Å². The van der Waals surface area contributed by atoms with Gasteiger partial charge < -0.3 is 5.32 Å². The van der Waals surface area contributed by atoms with Gasteiger partial charge in [0, 0.05) is 16.7 Å². The fraction of sp³-hybridized carbons (Fsp3) is 0.400. The van der Waals surface area contributed by atoms with Crippen LogP contribution in [0.4, 0.5) is 5.69 Å². The fourth-order valence-corrected chi connectivity index (χ4v) is 2.25. The van der Waals surface area contributed by atoms with Crippen molar-refractivity contribution in [1.29, 1.82) is 0 Å². The van der Waals surface area contributed by atoms with Crippen molar-refractivity contribution in [3.8, 4) is 0 Å². The number of halogens is 2. The molecule has 1 aliphatic rings. The average molecular weight is 261 g/mol. The maximum atomic E-state index is 6.21. The van der Waals surface area contributed by atoms with Gasteiger partial charge in [-0.1, -0.05) is 15.9 Å². The van der Waals surface area contributed by atoms with E-state index in [1.165, 1.54) is 16.8 Å². The van der Waals surface area contributed by atoms with E-state index >= 15 is 0 Å². The van der Waals surface area contributed by atoms with E-state index in [-0.39, 0.29) is 5.38 Å². The standard InChI is InChI=1S/C10H11BrClN/c1-6-4-10-7(5-8(6)11)9(12)2-3-13-10/h4-5,9,13H,2-3H2,1H3. The third kappa shape index (κ3) is 1.70. The number of aryl methyl sites for hydroxylation is 1. The summed E-state index contributed by atoms with van der Waals surface area (Å²) in [5, 5.41) is 3.52. The molecule has 0 bridgehead atoms. The Balaban J connectivity index is 2.52. The maximum Gasteiger partial charge on any atom is 0.0622 e. The number of alkyl halides is 1.